The molecule has 0 spiro atoms. The predicted octanol–water partition coefficient (Wildman–Crippen LogP) is 3.43. The van der Waals surface area contributed by atoms with Gasteiger partial charge in [0.05, 0.1) is 0 Å². The Morgan fingerprint density at radius 3 is 1.87 bits per heavy atom. The Bertz CT molecular complexity index is 364. The molecule has 0 radical (unpaired) electrons. The summed E-state index contributed by atoms with van der Waals surface area (Å²) in [7, 11) is 0. The highest BCUT2D eigenvalue weighted by molar-refractivity contribution is 5.25. The van der Waals surface area contributed by atoms with Crippen LogP contribution >= 0.6 is 0 Å². The van der Waals surface area contributed by atoms with Gasteiger partial charge in [-0.1, -0.05) is 6.07 Å². The molecule has 0 aliphatic heterocycles. The first kappa shape index (κ1) is 11.8. The fraction of sp³-hybridized carbons (Fsp3) is 0.375. The lowest BCUT2D eigenvalue weighted by molar-refractivity contribution is -0.150. The molecule has 0 atom stereocenters. The van der Waals surface area contributed by atoms with Crippen molar-refractivity contribution in [3.05, 3.63) is 29.1 Å². The van der Waals surface area contributed by atoms with E-state index in [1.165, 1.54) is 0 Å². The van der Waals surface area contributed by atoms with E-state index in [0.717, 1.165) is 13.0 Å². The van der Waals surface area contributed by atoms with Crippen molar-refractivity contribution < 1.29 is 26.3 Å². The van der Waals surface area contributed by atoms with Crippen LogP contribution in [0.1, 0.15) is 17.0 Å². The number of rotatable bonds is 0. The van der Waals surface area contributed by atoms with Crippen molar-refractivity contribution in [2.24, 2.45) is 0 Å². The summed E-state index contributed by atoms with van der Waals surface area (Å²) < 4.78 is 72.7. The lowest BCUT2D eigenvalue weighted by atomic mass is 10.2. The van der Waals surface area contributed by atoms with Crippen molar-refractivity contribution >= 4 is 0 Å². The molecule has 0 N–H and O–H groups in total. The molecule has 7 heteroatoms. The van der Waals surface area contributed by atoms with Crippen LogP contribution in [-0.2, 0) is 12.4 Å². The summed E-state index contributed by atoms with van der Waals surface area (Å²) in [6, 6.07) is 1.27. The van der Waals surface area contributed by atoms with Crippen molar-refractivity contribution in [1.82, 2.24) is 4.98 Å². The van der Waals surface area contributed by atoms with Crippen LogP contribution in [0, 0.1) is 6.92 Å². The maximum atomic E-state index is 12.2. The molecule has 0 amide bonds. The van der Waals surface area contributed by atoms with E-state index in [2.05, 4.69) is 4.98 Å². The molecule has 0 unspecified atom stereocenters. The van der Waals surface area contributed by atoms with Gasteiger partial charge >= 0.3 is 12.4 Å². The van der Waals surface area contributed by atoms with Crippen molar-refractivity contribution in [3.8, 4) is 0 Å². The summed E-state index contributed by atoms with van der Waals surface area (Å²) in [5.41, 5.74) is -3.38. The first-order valence-electron chi connectivity index (χ1n) is 3.74. The zero-order valence-electron chi connectivity index (χ0n) is 7.37. The Kier molecular flexibility index (Phi) is 2.67. The Balaban J connectivity index is 3.30. The molecule has 15 heavy (non-hydrogen) atoms. The Morgan fingerprint density at radius 1 is 0.933 bits per heavy atom. The Labute approximate surface area is 80.7 Å². The highest BCUT2D eigenvalue weighted by Crippen LogP contribution is 2.34. The number of hydrogen-bond acceptors (Lipinski definition) is 1. The molecule has 84 valence electrons. The van der Waals surface area contributed by atoms with Crippen LogP contribution in [0.25, 0.3) is 0 Å². The Hall–Kier alpha value is -1.27. The topological polar surface area (TPSA) is 12.9 Å². The van der Waals surface area contributed by atoms with Gasteiger partial charge in [-0.3, -0.25) is 0 Å². The van der Waals surface area contributed by atoms with Crippen LogP contribution in [0.15, 0.2) is 12.1 Å². The zero-order valence-corrected chi connectivity index (χ0v) is 7.37. The third kappa shape index (κ3) is 2.60. The number of halogens is 6. The molecular weight excluding hydrogens is 224 g/mol. The van der Waals surface area contributed by atoms with Gasteiger partial charge in [0.1, 0.15) is 11.4 Å². The van der Waals surface area contributed by atoms with Crippen LogP contribution in [-0.4, -0.2) is 4.98 Å². The van der Waals surface area contributed by atoms with E-state index in [0.29, 0.717) is 6.07 Å². The SMILES string of the molecule is Cc1ccc(C(F)(F)F)nc1C(F)(F)F. The van der Waals surface area contributed by atoms with Crippen LogP contribution in [0.5, 0.6) is 0 Å². The maximum Gasteiger partial charge on any atom is 0.433 e. The summed E-state index contributed by atoms with van der Waals surface area (Å²) >= 11 is 0. The monoisotopic (exact) mass is 229 g/mol. The smallest absolute Gasteiger partial charge is 0.239 e. The first-order chi connectivity index (χ1) is 6.62. The van der Waals surface area contributed by atoms with Crippen LogP contribution < -0.4 is 0 Å². The summed E-state index contributed by atoms with van der Waals surface area (Å²) in [4.78, 5) is 2.56. The van der Waals surface area contributed by atoms with Gasteiger partial charge in [-0.05, 0) is 18.6 Å². The molecule has 1 rings (SSSR count). The number of alkyl halides is 6. The van der Waals surface area contributed by atoms with Gasteiger partial charge in [-0.2, -0.15) is 26.3 Å². The third-order valence-electron chi connectivity index (χ3n) is 1.66. The van der Waals surface area contributed by atoms with Crippen LogP contribution in [0.3, 0.4) is 0 Å². The molecule has 0 aliphatic rings. The highest BCUT2D eigenvalue weighted by atomic mass is 19.4. The fourth-order valence-electron chi connectivity index (χ4n) is 0.974. The van der Waals surface area contributed by atoms with Crippen LogP contribution in [0.2, 0.25) is 0 Å². The largest absolute Gasteiger partial charge is 0.433 e. The van der Waals surface area contributed by atoms with Gasteiger partial charge in [0.15, 0.2) is 0 Å². The third-order valence-corrected chi connectivity index (χ3v) is 1.66. The summed E-state index contributed by atoms with van der Waals surface area (Å²) in [6.45, 7) is 1.05. The predicted molar refractivity (Wildman–Crippen MR) is 39.0 cm³/mol. The van der Waals surface area contributed by atoms with Gasteiger partial charge in [0, 0.05) is 0 Å². The van der Waals surface area contributed by atoms with E-state index in [4.69, 9.17) is 0 Å². The molecule has 1 nitrogen and oxygen atoms in total. The normalized spacial score (nSPS) is 13.0. The number of hydrogen-bond donors (Lipinski definition) is 0. The molecule has 0 saturated carbocycles. The minimum Gasteiger partial charge on any atom is -0.239 e. The number of pyridine rings is 1. The van der Waals surface area contributed by atoms with E-state index in [9.17, 15) is 26.3 Å². The van der Waals surface area contributed by atoms with E-state index >= 15 is 0 Å². The van der Waals surface area contributed by atoms with E-state index in [1.54, 1.807) is 0 Å². The van der Waals surface area contributed by atoms with Gasteiger partial charge in [0.25, 0.3) is 0 Å². The molecule has 1 aromatic rings. The van der Waals surface area contributed by atoms with Crippen molar-refractivity contribution in [1.29, 1.82) is 0 Å². The van der Waals surface area contributed by atoms with Crippen molar-refractivity contribution in [2.45, 2.75) is 19.3 Å². The lowest BCUT2D eigenvalue weighted by Crippen LogP contribution is -2.16. The number of aromatic nitrogens is 1. The zero-order chi connectivity index (χ0) is 11.9. The second-order valence-corrected chi connectivity index (χ2v) is 2.86. The molecule has 1 aromatic heterocycles. The van der Waals surface area contributed by atoms with Crippen molar-refractivity contribution in [3.63, 3.8) is 0 Å². The molecule has 0 aromatic carbocycles. The van der Waals surface area contributed by atoms with E-state index < -0.39 is 23.7 Å². The summed E-state index contributed by atoms with van der Waals surface area (Å²) in [6.07, 6.45) is -9.74. The second-order valence-electron chi connectivity index (χ2n) is 2.86. The number of aryl methyl sites for hydroxylation is 1. The van der Waals surface area contributed by atoms with Gasteiger partial charge in [0.2, 0.25) is 0 Å². The highest BCUT2D eigenvalue weighted by Gasteiger charge is 2.39. The van der Waals surface area contributed by atoms with E-state index in [1.807, 2.05) is 0 Å². The molecule has 0 saturated heterocycles. The van der Waals surface area contributed by atoms with Gasteiger partial charge in [-0.25, -0.2) is 4.98 Å². The minimum atomic E-state index is -4.87. The van der Waals surface area contributed by atoms with Gasteiger partial charge < -0.3 is 0 Å². The summed E-state index contributed by atoms with van der Waals surface area (Å²) in [5, 5.41) is 0. The fourth-order valence-corrected chi connectivity index (χ4v) is 0.974. The summed E-state index contributed by atoms with van der Waals surface area (Å²) in [5.74, 6) is 0. The number of nitrogens with zero attached hydrogens (tertiary/aromatic N) is 1. The van der Waals surface area contributed by atoms with Gasteiger partial charge in [-0.15, -0.1) is 0 Å². The lowest BCUT2D eigenvalue weighted by Gasteiger charge is -2.12. The first-order valence-corrected chi connectivity index (χ1v) is 3.74. The average molecular weight is 229 g/mol. The second kappa shape index (κ2) is 3.39. The standard InChI is InChI=1S/C8H5F6N/c1-4-2-3-5(7(9,10)11)15-6(4)8(12,13)14/h2-3H,1H3. The molecule has 1 heterocycles. The van der Waals surface area contributed by atoms with Crippen molar-refractivity contribution in [2.75, 3.05) is 0 Å². The minimum absolute atomic E-state index is 0.337. The molecule has 0 bridgehead atoms. The molecular formula is C8H5F6N. The van der Waals surface area contributed by atoms with Crippen LogP contribution in [0.4, 0.5) is 26.3 Å². The molecule has 0 fully saturated rings. The quantitative estimate of drug-likeness (QED) is 0.621. The Morgan fingerprint density at radius 2 is 1.47 bits per heavy atom. The van der Waals surface area contributed by atoms with E-state index in [-0.39, 0.29) is 5.56 Å². The molecule has 0 aliphatic carbocycles. The average Bonchev–Trinajstić information content (AvgIpc) is 2.00. The maximum absolute atomic E-state index is 12.2.